The van der Waals surface area contributed by atoms with Crippen LogP contribution in [-0.4, -0.2) is 20.1 Å². The van der Waals surface area contributed by atoms with Gasteiger partial charge in [0.1, 0.15) is 5.82 Å². The average molecular weight is 260 g/mol. The van der Waals surface area contributed by atoms with E-state index in [1.807, 2.05) is 6.07 Å². The van der Waals surface area contributed by atoms with Crippen molar-refractivity contribution in [3.63, 3.8) is 0 Å². The largest absolute Gasteiger partial charge is 0.339 e. The van der Waals surface area contributed by atoms with Crippen LogP contribution in [0.4, 0.5) is 0 Å². The summed E-state index contributed by atoms with van der Waals surface area (Å²) in [5.74, 6) is 2.14. The molecule has 0 fully saturated rings. The molecule has 5 nitrogen and oxygen atoms in total. The third-order valence-electron chi connectivity index (χ3n) is 2.90. The van der Waals surface area contributed by atoms with E-state index in [1.165, 1.54) is 0 Å². The molecular weight excluding hydrogens is 240 g/mol. The summed E-state index contributed by atoms with van der Waals surface area (Å²) in [7, 11) is 0. The Bertz CT molecular complexity index is 540. The zero-order valence-corrected chi connectivity index (χ0v) is 12.1. The lowest BCUT2D eigenvalue weighted by molar-refractivity contribution is 0.333. The van der Waals surface area contributed by atoms with Gasteiger partial charge in [-0.25, -0.2) is 9.97 Å². The minimum absolute atomic E-state index is 0.102. The number of nitrogens with zero attached hydrogens (tertiary/aromatic N) is 4. The Morgan fingerprint density at radius 1 is 1.00 bits per heavy atom. The standard InChI is InChI=1S/C14H20N4O/c1-13(2,3)11-17-10(19-18-11)9-14(4,5)12-15-7-6-8-16-12/h6-8H,9H2,1-5H3. The van der Waals surface area contributed by atoms with Crippen LogP contribution in [0, 0.1) is 0 Å². The molecule has 0 N–H and O–H groups in total. The second-order valence-electron chi connectivity index (χ2n) is 6.39. The number of hydrogen-bond donors (Lipinski definition) is 0. The second-order valence-corrected chi connectivity index (χ2v) is 6.39. The number of aromatic nitrogens is 4. The van der Waals surface area contributed by atoms with E-state index in [2.05, 4.69) is 54.7 Å². The van der Waals surface area contributed by atoms with Gasteiger partial charge < -0.3 is 4.52 Å². The summed E-state index contributed by atoms with van der Waals surface area (Å²) in [5, 5.41) is 4.04. The molecule has 0 amide bonds. The van der Waals surface area contributed by atoms with Crippen molar-refractivity contribution in [2.75, 3.05) is 0 Å². The summed E-state index contributed by atoms with van der Waals surface area (Å²) in [6, 6.07) is 1.81. The van der Waals surface area contributed by atoms with Gasteiger partial charge >= 0.3 is 0 Å². The fourth-order valence-corrected chi connectivity index (χ4v) is 1.74. The predicted octanol–water partition coefficient (Wildman–Crippen LogP) is 2.68. The van der Waals surface area contributed by atoms with Gasteiger partial charge in [0.2, 0.25) is 5.89 Å². The minimum atomic E-state index is -0.233. The van der Waals surface area contributed by atoms with E-state index >= 15 is 0 Å². The molecule has 19 heavy (non-hydrogen) atoms. The van der Waals surface area contributed by atoms with E-state index in [0.717, 1.165) is 11.6 Å². The van der Waals surface area contributed by atoms with Crippen molar-refractivity contribution >= 4 is 0 Å². The molecule has 0 atom stereocenters. The molecule has 0 radical (unpaired) electrons. The maximum absolute atomic E-state index is 5.33. The van der Waals surface area contributed by atoms with E-state index in [4.69, 9.17) is 4.52 Å². The van der Waals surface area contributed by atoms with Crippen LogP contribution in [0.25, 0.3) is 0 Å². The second kappa shape index (κ2) is 4.72. The van der Waals surface area contributed by atoms with Crippen LogP contribution in [0.5, 0.6) is 0 Å². The highest BCUT2D eigenvalue weighted by molar-refractivity contribution is 5.09. The quantitative estimate of drug-likeness (QED) is 0.849. The van der Waals surface area contributed by atoms with Crippen molar-refractivity contribution in [1.29, 1.82) is 0 Å². The minimum Gasteiger partial charge on any atom is -0.339 e. The van der Waals surface area contributed by atoms with E-state index < -0.39 is 0 Å². The first kappa shape index (κ1) is 13.6. The highest BCUT2D eigenvalue weighted by Gasteiger charge is 2.28. The first-order valence-electron chi connectivity index (χ1n) is 6.39. The van der Waals surface area contributed by atoms with Gasteiger partial charge in [0.25, 0.3) is 0 Å². The first-order valence-corrected chi connectivity index (χ1v) is 6.39. The topological polar surface area (TPSA) is 64.7 Å². The normalized spacial score (nSPS) is 12.7. The third kappa shape index (κ3) is 3.16. The fraction of sp³-hybridized carbons (Fsp3) is 0.571. The van der Waals surface area contributed by atoms with Crippen molar-refractivity contribution in [1.82, 2.24) is 20.1 Å². The Kier molecular flexibility index (Phi) is 3.39. The van der Waals surface area contributed by atoms with Gasteiger partial charge in [-0.15, -0.1) is 0 Å². The van der Waals surface area contributed by atoms with Crippen LogP contribution in [0.1, 0.15) is 52.2 Å². The monoisotopic (exact) mass is 260 g/mol. The van der Waals surface area contributed by atoms with Crippen molar-refractivity contribution in [2.24, 2.45) is 0 Å². The molecule has 102 valence electrons. The molecule has 0 spiro atoms. The van der Waals surface area contributed by atoms with E-state index in [0.29, 0.717) is 12.3 Å². The Balaban J connectivity index is 2.19. The molecule has 2 heterocycles. The molecule has 0 unspecified atom stereocenters. The fourth-order valence-electron chi connectivity index (χ4n) is 1.74. The van der Waals surface area contributed by atoms with Crippen molar-refractivity contribution < 1.29 is 4.52 Å². The summed E-state index contributed by atoms with van der Waals surface area (Å²) in [6.45, 7) is 10.3. The Morgan fingerprint density at radius 2 is 1.63 bits per heavy atom. The molecule has 2 aromatic heterocycles. The summed E-state index contributed by atoms with van der Waals surface area (Å²) in [4.78, 5) is 13.1. The maximum atomic E-state index is 5.33. The summed E-state index contributed by atoms with van der Waals surface area (Å²) >= 11 is 0. The molecule has 0 saturated heterocycles. The van der Waals surface area contributed by atoms with Crippen molar-refractivity contribution in [3.8, 4) is 0 Å². The third-order valence-corrected chi connectivity index (χ3v) is 2.90. The Hall–Kier alpha value is -1.78. The van der Waals surface area contributed by atoms with Crippen LogP contribution in [0.3, 0.4) is 0 Å². The van der Waals surface area contributed by atoms with Gasteiger partial charge in [0.05, 0.1) is 0 Å². The van der Waals surface area contributed by atoms with Gasteiger partial charge in [0.15, 0.2) is 5.82 Å². The molecule has 2 rings (SSSR count). The molecule has 0 saturated carbocycles. The van der Waals surface area contributed by atoms with Crippen molar-refractivity contribution in [3.05, 3.63) is 36.0 Å². The lowest BCUT2D eigenvalue weighted by atomic mass is 9.88. The lowest BCUT2D eigenvalue weighted by Crippen LogP contribution is -2.24. The average Bonchev–Trinajstić information content (AvgIpc) is 2.78. The zero-order chi connectivity index (χ0) is 14.1. The Morgan fingerprint density at radius 3 is 2.16 bits per heavy atom. The lowest BCUT2D eigenvalue weighted by Gasteiger charge is -2.20. The SMILES string of the molecule is CC(C)(C)c1noc(CC(C)(C)c2ncccn2)n1. The molecule has 0 aromatic carbocycles. The van der Waals surface area contributed by atoms with Gasteiger partial charge in [-0.1, -0.05) is 39.8 Å². The number of hydrogen-bond acceptors (Lipinski definition) is 5. The molecule has 2 aromatic rings. The first-order chi connectivity index (χ1) is 8.79. The maximum Gasteiger partial charge on any atom is 0.227 e. The van der Waals surface area contributed by atoms with E-state index in [1.54, 1.807) is 12.4 Å². The summed E-state index contributed by atoms with van der Waals surface area (Å²) in [5.41, 5.74) is -0.335. The number of rotatable bonds is 3. The van der Waals surface area contributed by atoms with Gasteiger partial charge in [-0.05, 0) is 6.07 Å². The van der Waals surface area contributed by atoms with Gasteiger partial charge in [0, 0.05) is 29.6 Å². The molecule has 0 bridgehead atoms. The van der Waals surface area contributed by atoms with Crippen LogP contribution < -0.4 is 0 Å². The Labute approximate surface area is 113 Å². The zero-order valence-electron chi connectivity index (χ0n) is 12.1. The van der Waals surface area contributed by atoms with Crippen molar-refractivity contribution in [2.45, 2.75) is 51.9 Å². The van der Waals surface area contributed by atoms with E-state index in [9.17, 15) is 0 Å². The highest BCUT2D eigenvalue weighted by Crippen LogP contribution is 2.25. The van der Waals surface area contributed by atoms with Crippen LogP contribution in [0.2, 0.25) is 0 Å². The van der Waals surface area contributed by atoms with Gasteiger partial charge in [-0.2, -0.15) is 4.98 Å². The summed E-state index contributed by atoms with van der Waals surface area (Å²) in [6.07, 6.45) is 4.12. The summed E-state index contributed by atoms with van der Waals surface area (Å²) < 4.78 is 5.33. The molecule has 0 aliphatic carbocycles. The molecule has 0 aliphatic heterocycles. The van der Waals surface area contributed by atoms with Gasteiger partial charge in [-0.3, -0.25) is 0 Å². The van der Waals surface area contributed by atoms with E-state index in [-0.39, 0.29) is 10.8 Å². The molecule has 5 heteroatoms. The molecule has 0 aliphatic rings. The van der Waals surface area contributed by atoms with Crippen LogP contribution >= 0.6 is 0 Å². The predicted molar refractivity (Wildman–Crippen MR) is 71.8 cm³/mol. The smallest absolute Gasteiger partial charge is 0.227 e. The van der Waals surface area contributed by atoms with Crippen LogP contribution in [0.15, 0.2) is 23.0 Å². The highest BCUT2D eigenvalue weighted by atomic mass is 16.5. The van der Waals surface area contributed by atoms with Crippen LogP contribution in [-0.2, 0) is 17.3 Å². The molecular formula is C14H20N4O.